The lowest BCUT2D eigenvalue weighted by Gasteiger charge is -1.94. The van der Waals surface area contributed by atoms with Crippen molar-refractivity contribution in [2.24, 2.45) is 0 Å². The second-order valence-electron chi connectivity index (χ2n) is 4.06. The van der Waals surface area contributed by atoms with E-state index in [1.54, 1.807) is 0 Å². The first kappa shape index (κ1) is 8.59. The summed E-state index contributed by atoms with van der Waals surface area (Å²) >= 11 is 3.60. The van der Waals surface area contributed by atoms with Crippen LogP contribution in [0.5, 0.6) is 0 Å². The molecule has 1 nitrogen and oxygen atoms in total. The third-order valence-corrected chi connectivity index (χ3v) is 3.94. The van der Waals surface area contributed by atoms with Gasteiger partial charge in [0.1, 0.15) is 0 Å². The topological polar surface area (TPSA) is 4.41 Å². The predicted octanol–water partition coefficient (Wildman–Crippen LogP) is 4.45. The van der Waals surface area contributed by atoms with Gasteiger partial charge < -0.3 is 4.40 Å². The van der Waals surface area contributed by atoms with E-state index in [-0.39, 0.29) is 0 Å². The van der Waals surface area contributed by atoms with Gasteiger partial charge in [-0.1, -0.05) is 40.2 Å². The van der Waals surface area contributed by atoms with Crippen LogP contribution in [0.2, 0.25) is 0 Å². The molecule has 2 aromatic heterocycles. The minimum Gasteiger partial charge on any atom is -0.315 e. The zero-order chi connectivity index (χ0) is 10.7. The van der Waals surface area contributed by atoms with E-state index in [9.17, 15) is 0 Å². The van der Waals surface area contributed by atoms with Gasteiger partial charge in [0.15, 0.2) is 0 Å². The van der Waals surface area contributed by atoms with Gasteiger partial charge in [-0.2, -0.15) is 0 Å². The van der Waals surface area contributed by atoms with Gasteiger partial charge in [-0.3, -0.25) is 0 Å². The van der Waals surface area contributed by atoms with E-state index in [1.165, 1.54) is 27.2 Å². The predicted molar refractivity (Wildman–Crippen MR) is 71.3 cm³/mol. The molecule has 0 radical (unpaired) electrons. The molecule has 0 fully saturated rings. The molecule has 0 bridgehead atoms. The van der Waals surface area contributed by atoms with E-state index < -0.39 is 0 Å². The maximum Gasteiger partial charge on any atom is 0.0619 e. The highest BCUT2D eigenvalue weighted by molar-refractivity contribution is 9.10. The molecule has 4 aromatic rings. The fourth-order valence-electron chi connectivity index (χ4n) is 2.55. The molecule has 2 heterocycles. The molecule has 0 aliphatic heterocycles. The molecule has 2 aromatic carbocycles. The Morgan fingerprint density at radius 2 is 1.69 bits per heavy atom. The average molecular weight is 270 g/mol. The van der Waals surface area contributed by atoms with Crippen molar-refractivity contribution in [1.29, 1.82) is 0 Å². The largest absolute Gasteiger partial charge is 0.315 e. The molecular formula is C14H8BrN. The molecule has 0 aliphatic carbocycles. The van der Waals surface area contributed by atoms with Crippen molar-refractivity contribution < 1.29 is 0 Å². The maximum atomic E-state index is 3.60. The van der Waals surface area contributed by atoms with Crippen LogP contribution < -0.4 is 0 Å². The SMILES string of the molecule is Brc1ccc2c3ccccc3n3ccc1c23. The van der Waals surface area contributed by atoms with E-state index in [2.05, 4.69) is 69.0 Å². The first-order valence-electron chi connectivity index (χ1n) is 5.25. The van der Waals surface area contributed by atoms with Gasteiger partial charge in [-0.25, -0.2) is 0 Å². The number of nitrogens with zero attached hydrogens (tertiary/aromatic N) is 1. The van der Waals surface area contributed by atoms with Crippen LogP contribution in [-0.2, 0) is 0 Å². The van der Waals surface area contributed by atoms with E-state index in [0.717, 1.165) is 4.47 Å². The van der Waals surface area contributed by atoms with Crippen LogP contribution in [0.4, 0.5) is 0 Å². The summed E-state index contributed by atoms with van der Waals surface area (Å²) in [6.07, 6.45) is 2.14. The van der Waals surface area contributed by atoms with Crippen LogP contribution in [-0.4, -0.2) is 4.40 Å². The van der Waals surface area contributed by atoms with Gasteiger partial charge in [0.2, 0.25) is 0 Å². The lowest BCUT2D eigenvalue weighted by molar-refractivity contribution is 1.30. The molecule has 4 rings (SSSR count). The summed E-state index contributed by atoms with van der Waals surface area (Å²) in [5.74, 6) is 0. The standard InChI is InChI=1S/C14H8BrN/c15-12-6-5-10-9-3-1-2-4-13(9)16-8-7-11(12)14(10)16/h1-8H. The van der Waals surface area contributed by atoms with Crippen molar-refractivity contribution in [1.82, 2.24) is 4.40 Å². The van der Waals surface area contributed by atoms with E-state index in [0.29, 0.717) is 0 Å². The quantitative estimate of drug-likeness (QED) is 0.444. The van der Waals surface area contributed by atoms with Crippen LogP contribution in [0.15, 0.2) is 53.1 Å². The van der Waals surface area contributed by atoms with Gasteiger partial charge in [0, 0.05) is 26.8 Å². The number of hydrogen-bond acceptors (Lipinski definition) is 0. The van der Waals surface area contributed by atoms with Crippen LogP contribution in [0.3, 0.4) is 0 Å². The lowest BCUT2D eigenvalue weighted by Crippen LogP contribution is -1.74. The zero-order valence-electron chi connectivity index (χ0n) is 8.44. The molecule has 16 heavy (non-hydrogen) atoms. The second kappa shape index (κ2) is 2.77. The van der Waals surface area contributed by atoms with Crippen molar-refractivity contribution in [3.05, 3.63) is 53.1 Å². The van der Waals surface area contributed by atoms with Gasteiger partial charge in [0.05, 0.1) is 11.0 Å². The van der Waals surface area contributed by atoms with E-state index in [4.69, 9.17) is 0 Å². The molecule has 0 atom stereocenters. The van der Waals surface area contributed by atoms with Crippen molar-refractivity contribution in [3.8, 4) is 0 Å². The summed E-state index contributed by atoms with van der Waals surface area (Å²) in [5, 5.41) is 3.95. The van der Waals surface area contributed by atoms with Crippen molar-refractivity contribution in [2.45, 2.75) is 0 Å². The minimum atomic E-state index is 1.16. The number of hydrogen-bond donors (Lipinski definition) is 0. The highest BCUT2D eigenvalue weighted by Gasteiger charge is 2.12. The van der Waals surface area contributed by atoms with E-state index in [1.807, 2.05) is 0 Å². The fraction of sp³-hybridized carbons (Fsp3) is 0. The molecule has 0 amide bonds. The van der Waals surface area contributed by atoms with Crippen molar-refractivity contribution in [3.63, 3.8) is 0 Å². The van der Waals surface area contributed by atoms with Crippen LogP contribution in [0, 0.1) is 0 Å². The number of para-hydroxylation sites is 1. The Bertz CT molecular complexity index is 798. The van der Waals surface area contributed by atoms with Gasteiger partial charge >= 0.3 is 0 Å². The van der Waals surface area contributed by atoms with Crippen molar-refractivity contribution in [2.75, 3.05) is 0 Å². The molecule has 76 valence electrons. The summed E-state index contributed by atoms with van der Waals surface area (Å²) in [6, 6.07) is 15.0. The minimum absolute atomic E-state index is 1.16. The van der Waals surface area contributed by atoms with Crippen LogP contribution in [0.1, 0.15) is 0 Å². The second-order valence-corrected chi connectivity index (χ2v) is 4.91. The summed E-state index contributed by atoms with van der Waals surface area (Å²) < 4.78 is 3.43. The molecule has 2 heteroatoms. The number of benzene rings is 2. The summed E-state index contributed by atoms with van der Waals surface area (Å²) in [4.78, 5) is 0. The van der Waals surface area contributed by atoms with Gasteiger partial charge in [-0.05, 0) is 18.2 Å². The zero-order valence-corrected chi connectivity index (χ0v) is 10.0. The number of fused-ring (bicyclic) bond motifs is 3. The summed E-state index contributed by atoms with van der Waals surface area (Å²) in [7, 11) is 0. The molecule has 0 aliphatic rings. The summed E-state index contributed by atoms with van der Waals surface area (Å²) in [6.45, 7) is 0. The highest BCUT2D eigenvalue weighted by Crippen LogP contribution is 2.35. The Labute approximate surface area is 101 Å². The Kier molecular flexibility index (Phi) is 1.49. The average Bonchev–Trinajstić information content (AvgIpc) is 2.86. The van der Waals surface area contributed by atoms with Crippen LogP contribution in [0.25, 0.3) is 27.2 Å². The number of halogens is 1. The number of aromatic nitrogens is 1. The normalized spacial score (nSPS) is 12.1. The Hall–Kier alpha value is -1.54. The molecule has 0 unspecified atom stereocenters. The molecule has 0 saturated heterocycles. The third-order valence-electron chi connectivity index (χ3n) is 3.25. The fourth-order valence-corrected chi connectivity index (χ4v) is 3.01. The molecule has 0 saturated carbocycles. The van der Waals surface area contributed by atoms with E-state index >= 15 is 0 Å². The first-order valence-corrected chi connectivity index (χ1v) is 6.05. The highest BCUT2D eigenvalue weighted by atomic mass is 79.9. The van der Waals surface area contributed by atoms with Gasteiger partial charge in [0.25, 0.3) is 0 Å². The first-order chi connectivity index (χ1) is 7.86. The maximum absolute atomic E-state index is 3.60. The number of rotatable bonds is 0. The third kappa shape index (κ3) is 0.866. The molecule has 0 N–H and O–H groups in total. The van der Waals surface area contributed by atoms with Crippen LogP contribution >= 0.6 is 15.9 Å². The smallest absolute Gasteiger partial charge is 0.0619 e. The van der Waals surface area contributed by atoms with Crippen molar-refractivity contribution >= 4 is 43.1 Å². The monoisotopic (exact) mass is 269 g/mol. The Morgan fingerprint density at radius 1 is 0.812 bits per heavy atom. The van der Waals surface area contributed by atoms with Gasteiger partial charge in [-0.15, -0.1) is 0 Å². The summed E-state index contributed by atoms with van der Waals surface area (Å²) in [5.41, 5.74) is 2.60. The Balaban J connectivity index is 2.48. The Morgan fingerprint density at radius 3 is 2.62 bits per heavy atom. The molecule has 0 spiro atoms. The molecular weight excluding hydrogens is 262 g/mol. The lowest BCUT2D eigenvalue weighted by atomic mass is 10.1.